The fourth-order valence-corrected chi connectivity index (χ4v) is 4.51. The molecule has 0 saturated heterocycles. The summed E-state index contributed by atoms with van der Waals surface area (Å²) in [6.45, 7) is 12.0. The number of carbonyl (C=O) groups excluding carboxylic acids is 1. The van der Waals surface area contributed by atoms with Gasteiger partial charge >= 0.3 is 0 Å². The first-order valence-corrected chi connectivity index (χ1v) is 9.90. The van der Waals surface area contributed by atoms with Crippen LogP contribution < -0.4 is 5.32 Å². The van der Waals surface area contributed by atoms with Crippen molar-refractivity contribution in [3.05, 3.63) is 16.3 Å². The molecule has 0 fully saturated rings. The molecule has 0 aliphatic carbocycles. The Morgan fingerprint density at radius 3 is 2.79 bits per heavy atom. The van der Waals surface area contributed by atoms with E-state index < -0.39 is 0 Å². The fraction of sp³-hybridized carbons (Fsp3) is 0.588. The number of thiophene rings is 1. The van der Waals surface area contributed by atoms with Crippen LogP contribution in [0.2, 0.25) is 0 Å². The van der Waals surface area contributed by atoms with E-state index in [9.17, 15) is 4.79 Å². The van der Waals surface area contributed by atoms with Gasteiger partial charge in [0.1, 0.15) is 15.7 Å². The number of rotatable bonds is 8. The second-order valence-corrected chi connectivity index (χ2v) is 8.17. The van der Waals surface area contributed by atoms with Crippen molar-refractivity contribution in [3.63, 3.8) is 0 Å². The Labute approximate surface area is 151 Å². The normalized spacial score (nSPS) is 12.5. The molecule has 2 rings (SSSR count). The minimum atomic E-state index is -0.200. The SMILES string of the molecule is CCOCCCNC(=O)C(C)Sc1nc(C)nc2sc(C)c(C)c12. The highest BCUT2D eigenvalue weighted by Crippen LogP contribution is 2.36. The van der Waals surface area contributed by atoms with Crippen molar-refractivity contribution >= 4 is 39.2 Å². The van der Waals surface area contributed by atoms with Gasteiger partial charge in [0.2, 0.25) is 5.91 Å². The van der Waals surface area contributed by atoms with E-state index in [0.717, 1.165) is 27.5 Å². The summed E-state index contributed by atoms with van der Waals surface area (Å²) in [4.78, 5) is 23.6. The topological polar surface area (TPSA) is 64.1 Å². The summed E-state index contributed by atoms with van der Waals surface area (Å²) in [6.07, 6.45) is 0.830. The molecule has 0 aromatic carbocycles. The largest absolute Gasteiger partial charge is 0.382 e. The first-order valence-electron chi connectivity index (χ1n) is 8.20. The summed E-state index contributed by atoms with van der Waals surface area (Å²) in [6, 6.07) is 0. The molecule has 2 aromatic rings. The zero-order valence-corrected chi connectivity index (χ0v) is 16.6. The molecule has 1 unspecified atom stereocenters. The number of hydrogen-bond acceptors (Lipinski definition) is 6. The summed E-state index contributed by atoms with van der Waals surface area (Å²) in [5.74, 6) is 0.779. The molecule has 132 valence electrons. The Bertz CT molecular complexity index is 715. The Morgan fingerprint density at radius 1 is 1.33 bits per heavy atom. The average Bonchev–Trinajstić information content (AvgIpc) is 2.81. The van der Waals surface area contributed by atoms with Gasteiger partial charge in [0.15, 0.2) is 0 Å². The van der Waals surface area contributed by atoms with Gasteiger partial charge in [0.05, 0.1) is 5.25 Å². The maximum atomic E-state index is 12.3. The number of carbonyl (C=O) groups is 1. The molecule has 2 aromatic heterocycles. The van der Waals surface area contributed by atoms with Crippen LogP contribution in [0.15, 0.2) is 5.03 Å². The lowest BCUT2D eigenvalue weighted by Crippen LogP contribution is -2.32. The van der Waals surface area contributed by atoms with Crippen molar-refractivity contribution in [2.75, 3.05) is 19.8 Å². The Kier molecular flexibility index (Phi) is 7.01. The molecule has 1 amide bonds. The number of thioether (sulfide) groups is 1. The van der Waals surface area contributed by atoms with E-state index in [0.29, 0.717) is 19.8 Å². The van der Waals surface area contributed by atoms with E-state index in [1.54, 1.807) is 11.3 Å². The molecular weight excluding hydrogens is 342 g/mol. The van der Waals surface area contributed by atoms with E-state index in [1.165, 1.54) is 22.2 Å². The smallest absolute Gasteiger partial charge is 0.233 e. The number of amides is 1. The third-order valence-electron chi connectivity index (χ3n) is 3.73. The number of aromatic nitrogens is 2. The monoisotopic (exact) mass is 367 g/mol. The van der Waals surface area contributed by atoms with Crippen LogP contribution in [0, 0.1) is 20.8 Å². The fourth-order valence-electron chi connectivity index (χ4n) is 2.29. The van der Waals surface area contributed by atoms with E-state index in [-0.39, 0.29) is 11.2 Å². The third kappa shape index (κ3) is 4.68. The predicted molar refractivity (Wildman–Crippen MR) is 101 cm³/mol. The van der Waals surface area contributed by atoms with E-state index in [1.807, 2.05) is 20.8 Å². The number of nitrogens with one attached hydrogen (secondary N) is 1. The highest BCUT2D eigenvalue weighted by Gasteiger charge is 2.19. The molecule has 0 aliphatic heterocycles. The van der Waals surface area contributed by atoms with E-state index >= 15 is 0 Å². The van der Waals surface area contributed by atoms with Crippen LogP contribution >= 0.6 is 23.1 Å². The Balaban J connectivity index is 2.04. The first kappa shape index (κ1) is 19.1. The van der Waals surface area contributed by atoms with Gasteiger partial charge < -0.3 is 10.1 Å². The summed E-state index contributed by atoms with van der Waals surface area (Å²) in [5.41, 5.74) is 1.21. The summed E-state index contributed by atoms with van der Waals surface area (Å²) < 4.78 is 5.28. The van der Waals surface area contributed by atoms with Crippen molar-refractivity contribution < 1.29 is 9.53 Å². The first-order chi connectivity index (χ1) is 11.4. The Morgan fingerprint density at radius 2 is 2.08 bits per heavy atom. The van der Waals surface area contributed by atoms with E-state index in [2.05, 4.69) is 29.1 Å². The van der Waals surface area contributed by atoms with Crippen LogP contribution in [0.25, 0.3) is 10.2 Å². The lowest BCUT2D eigenvalue weighted by Gasteiger charge is -2.12. The second kappa shape index (κ2) is 8.78. The molecule has 0 aliphatic rings. The lowest BCUT2D eigenvalue weighted by atomic mass is 10.2. The number of hydrogen-bond donors (Lipinski definition) is 1. The van der Waals surface area contributed by atoms with Crippen LogP contribution in [0.4, 0.5) is 0 Å². The van der Waals surface area contributed by atoms with Gasteiger partial charge in [0, 0.05) is 30.0 Å². The zero-order chi connectivity index (χ0) is 17.7. The number of fused-ring (bicyclic) bond motifs is 1. The molecule has 7 heteroatoms. The van der Waals surface area contributed by atoms with Crippen LogP contribution in [0.5, 0.6) is 0 Å². The van der Waals surface area contributed by atoms with Crippen molar-refractivity contribution in [1.82, 2.24) is 15.3 Å². The minimum absolute atomic E-state index is 0.0329. The molecule has 0 radical (unpaired) electrons. The zero-order valence-electron chi connectivity index (χ0n) is 14.9. The van der Waals surface area contributed by atoms with E-state index in [4.69, 9.17) is 4.74 Å². The van der Waals surface area contributed by atoms with Crippen molar-refractivity contribution in [3.8, 4) is 0 Å². The van der Waals surface area contributed by atoms with Crippen molar-refractivity contribution in [1.29, 1.82) is 0 Å². The molecular formula is C17H25N3O2S2. The van der Waals surface area contributed by atoms with Gasteiger partial charge in [-0.1, -0.05) is 11.8 Å². The molecule has 24 heavy (non-hydrogen) atoms. The predicted octanol–water partition coefficient (Wildman–Crippen LogP) is 3.64. The molecule has 0 saturated carbocycles. The quantitative estimate of drug-likeness (QED) is 0.438. The standard InChI is InChI=1S/C17H25N3O2S2/c1-6-22-9-7-8-18-15(21)12(4)24-17-14-10(2)11(3)23-16(14)19-13(5)20-17/h12H,6-9H2,1-5H3,(H,18,21). The van der Waals surface area contributed by atoms with Crippen LogP contribution in [-0.2, 0) is 9.53 Å². The van der Waals surface area contributed by atoms with Gasteiger partial charge in [-0.05, 0) is 46.6 Å². The minimum Gasteiger partial charge on any atom is -0.382 e. The van der Waals surface area contributed by atoms with Gasteiger partial charge in [-0.2, -0.15) is 0 Å². The summed E-state index contributed by atoms with van der Waals surface area (Å²) in [5, 5.41) is 4.75. The summed E-state index contributed by atoms with van der Waals surface area (Å²) in [7, 11) is 0. The van der Waals surface area contributed by atoms with Gasteiger partial charge in [-0.3, -0.25) is 4.79 Å². The van der Waals surface area contributed by atoms with Crippen molar-refractivity contribution in [2.24, 2.45) is 0 Å². The molecule has 0 bridgehead atoms. The number of ether oxygens (including phenoxy) is 1. The maximum Gasteiger partial charge on any atom is 0.233 e. The average molecular weight is 368 g/mol. The third-order valence-corrected chi connectivity index (χ3v) is 5.92. The number of nitrogens with zero attached hydrogens (tertiary/aromatic N) is 2. The molecule has 0 spiro atoms. The van der Waals surface area contributed by atoms with Crippen molar-refractivity contribution in [2.45, 2.75) is 51.3 Å². The molecule has 2 heterocycles. The van der Waals surface area contributed by atoms with Crippen LogP contribution in [0.1, 0.15) is 36.5 Å². The highest BCUT2D eigenvalue weighted by molar-refractivity contribution is 8.00. The van der Waals surface area contributed by atoms with Gasteiger partial charge in [-0.25, -0.2) is 9.97 Å². The van der Waals surface area contributed by atoms with Crippen LogP contribution in [-0.4, -0.2) is 40.9 Å². The molecule has 1 N–H and O–H groups in total. The second-order valence-electron chi connectivity index (χ2n) is 5.64. The van der Waals surface area contributed by atoms with Crippen LogP contribution in [0.3, 0.4) is 0 Å². The summed E-state index contributed by atoms with van der Waals surface area (Å²) >= 11 is 3.19. The Hall–Kier alpha value is -1.18. The van der Waals surface area contributed by atoms with Gasteiger partial charge in [0.25, 0.3) is 0 Å². The molecule has 5 nitrogen and oxygen atoms in total. The lowest BCUT2D eigenvalue weighted by molar-refractivity contribution is -0.120. The maximum absolute atomic E-state index is 12.3. The van der Waals surface area contributed by atoms with Gasteiger partial charge in [-0.15, -0.1) is 11.3 Å². The highest BCUT2D eigenvalue weighted by atomic mass is 32.2. The number of aryl methyl sites for hydroxylation is 3. The molecule has 1 atom stereocenters.